The summed E-state index contributed by atoms with van der Waals surface area (Å²) in [4.78, 5) is 13.3. The molecule has 1 saturated heterocycles. The zero-order chi connectivity index (χ0) is 14.5. The van der Waals surface area contributed by atoms with Crippen LogP contribution in [0.15, 0.2) is 18.2 Å². The smallest absolute Gasteiger partial charge is 0.272 e. The SMILES string of the molecule is CCC[C@H](c1ccc(C)c([N+](=O)[O-])c1)N1CCNCC1. The van der Waals surface area contributed by atoms with Gasteiger partial charge in [0.2, 0.25) is 0 Å². The molecule has 0 saturated carbocycles. The fraction of sp³-hybridized carbons (Fsp3) is 0.600. The highest BCUT2D eigenvalue weighted by Crippen LogP contribution is 2.30. The number of nitrogens with zero attached hydrogens (tertiary/aromatic N) is 2. The molecule has 0 bridgehead atoms. The first-order valence-electron chi connectivity index (χ1n) is 7.33. The quantitative estimate of drug-likeness (QED) is 0.664. The molecular formula is C15H23N3O2. The Kier molecular flexibility index (Phi) is 5.09. The van der Waals surface area contributed by atoms with Gasteiger partial charge in [-0.3, -0.25) is 15.0 Å². The molecule has 0 spiro atoms. The van der Waals surface area contributed by atoms with Crippen LogP contribution in [0.3, 0.4) is 0 Å². The van der Waals surface area contributed by atoms with Gasteiger partial charge >= 0.3 is 0 Å². The summed E-state index contributed by atoms with van der Waals surface area (Å²) in [5.74, 6) is 0. The molecule has 5 nitrogen and oxygen atoms in total. The van der Waals surface area contributed by atoms with Gasteiger partial charge in [0.15, 0.2) is 0 Å². The molecule has 1 aliphatic heterocycles. The van der Waals surface area contributed by atoms with Crippen molar-refractivity contribution in [1.82, 2.24) is 10.2 Å². The maximum absolute atomic E-state index is 11.1. The van der Waals surface area contributed by atoms with Crippen molar-refractivity contribution in [2.24, 2.45) is 0 Å². The highest BCUT2D eigenvalue weighted by Gasteiger charge is 2.23. The second-order valence-electron chi connectivity index (χ2n) is 5.39. The normalized spacial score (nSPS) is 17.9. The lowest BCUT2D eigenvalue weighted by atomic mass is 9.98. The van der Waals surface area contributed by atoms with Crippen LogP contribution in [-0.2, 0) is 0 Å². The van der Waals surface area contributed by atoms with E-state index in [4.69, 9.17) is 0 Å². The van der Waals surface area contributed by atoms with Crippen molar-refractivity contribution < 1.29 is 4.92 Å². The third-order valence-electron chi connectivity index (χ3n) is 3.97. The molecule has 0 aromatic heterocycles. The lowest BCUT2D eigenvalue weighted by molar-refractivity contribution is -0.385. The van der Waals surface area contributed by atoms with Gasteiger partial charge in [-0.25, -0.2) is 0 Å². The van der Waals surface area contributed by atoms with E-state index in [2.05, 4.69) is 17.1 Å². The molecule has 20 heavy (non-hydrogen) atoms. The average molecular weight is 277 g/mol. The largest absolute Gasteiger partial charge is 0.314 e. The number of benzene rings is 1. The Morgan fingerprint density at radius 2 is 2.10 bits per heavy atom. The molecule has 1 atom stereocenters. The molecule has 0 aliphatic carbocycles. The van der Waals surface area contributed by atoms with E-state index in [0.717, 1.165) is 50.1 Å². The van der Waals surface area contributed by atoms with Crippen LogP contribution in [0.2, 0.25) is 0 Å². The fourth-order valence-corrected chi connectivity index (χ4v) is 2.86. The molecule has 2 rings (SSSR count). The van der Waals surface area contributed by atoms with E-state index in [1.807, 2.05) is 12.1 Å². The van der Waals surface area contributed by atoms with E-state index in [-0.39, 0.29) is 10.6 Å². The van der Waals surface area contributed by atoms with Crippen molar-refractivity contribution in [3.05, 3.63) is 39.4 Å². The predicted octanol–water partition coefficient (Wildman–Crippen LogP) is 2.65. The fourth-order valence-electron chi connectivity index (χ4n) is 2.86. The summed E-state index contributed by atoms with van der Waals surface area (Å²) in [6.45, 7) is 7.96. The number of piperazine rings is 1. The van der Waals surface area contributed by atoms with E-state index >= 15 is 0 Å². The number of aryl methyl sites for hydroxylation is 1. The molecule has 1 fully saturated rings. The molecular weight excluding hydrogens is 254 g/mol. The van der Waals surface area contributed by atoms with Gasteiger partial charge in [0, 0.05) is 43.9 Å². The molecule has 1 heterocycles. The van der Waals surface area contributed by atoms with Gasteiger partial charge in [-0.1, -0.05) is 25.5 Å². The minimum atomic E-state index is -0.278. The first kappa shape index (κ1) is 14.9. The van der Waals surface area contributed by atoms with Gasteiger partial charge in [-0.05, 0) is 18.9 Å². The number of nitro benzene ring substituents is 1. The van der Waals surface area contributed by atoms with Crippen molar-refractivity contribution in [2.75, 3.05) is 26.2 Å². The summed E-state index contributed by atoms with van der Waals surface area (Å²) < 4.78 is 0. The third kappa shape index (κ3) is 3.35. The van der Waals surface area contributed by atoms with Crippen LogP contribution in [-0.4, -0.2) is 36.0 Å². The first-order chi connectivity index (χ1) is 9.63. The van der Waals surface area contributed by atoms with Crippen LogP contribution in [0.25, 0.3) is 0 Å². The Labute approximate surface area is 120 Å². The van der Waals surface area contributed by atoms with Crippen LogP contribution in [0.5, 0.6) is 0 Å². The van der Waals surface area contributed by atoms with Crippen molar-refractivity contribution in [1.29, 1.82) is 0 Å². The number of rotatable bonds is 5. The highest BCUT2D eigenvalue weighted by molar-refractivity contribution is 5.43. The summed E-state index contributed by atoms with van der Waals surface area (Å²) in [6.07, 6.45) is 2.12. The topological polar surface area (TPSA) is 58.4 Å². The second-order valence-corrected chi connectivity index (χ2v) is 5.39. The molecule has 0 unspecified atom stereocenters. The minimum absolute atomic E-state index is 0.235. The number of hydrogen-bond acceptors (Lipinski definition) is 4. The Balaban J connectivity index is 2.28. The zero-order valence-electron chi connectivity index (χ0n) is 12.3. The summed E-state index contributed by atoms with van der Waals surface area (Å²) in [6, 6.07) is 5.97. The van der Waals surface area contributed by atoms with Crippen LogP contribution in [0.4, 0.5) is 5.69 Å². The lowest BCUT2D eigenvalue weighted by Gasteiger charge is -2.35. The summed E-state index contributed by atoms with van der Waals surface area (Å²) in [5.41, 5.74) is 2.04. The van der Waals surface area contributed by atoms with E-state index in [1.54, 1.807) is 13.0 Å². The van der Waals surface area contributed by atoms with Crippen LogP contribution >= 0.6 is 0 Å². The van der Waals surface area contributed by atoms with E-state index in [1.165, 1.54) is 0 Å². The molecule has 1 N–H and O–H groups in total. The monoisotopic (exact) mass is 277 g/mol. The van der Waals surface area contributed by atoms with Crippen molar-refractivity contribution in [3.63, 3.8) is 0 Å². The zero-order valence-corrected chi connectivity index (χ0v) is 12.3. The molecule has 1 aromatic rings. The van der Waals surface area contributed by atoms with E-state index < -0.39 is 0 Å². The molecule has 0 radical (unpaired) electrons. The summed E-state index contributed by atoms with van der Waals surface area (Å²) >= 11 is 0. The standard InChI is InChI=1S/C15H23N3O2/c1-3-4-14(17-9-7-16-8-10-17)13-6-5-12(2)15(11-13)18(19)20/h5-6,11,14,16H,3-4,7-10H2,1-2H3/t14-/m1/s1. The molecule has 110 valence electrons. The first-order valence-corrected chi connectivity index (χ1v) is 7.33. The van der Waals surface area contributed by atoms with Gasteiger partial charge in [0.25, 0.3) is 5.69 Å². The molecule has 1 aromatic carbocycles. The maximum atomic E-state index is 11.1. The lowest BCUT2D eigenvalue weighted by Crippen LogP contribution is -2.45. The number of nitrogens with one attached hydrogen (secondary N) is 1. The Hall–Kier alpha value is -1.46. The van der Waals surface area contributed by atoms with Gasteiger partial charge in [-0.15, -0.1) is 0 Å². The minimum Gasteiger partial charge on any atom is -0.314 e. The van der Waals surface area contributed by atoms with Crippen LogP contribution < -0.4 is 5.32 Å². The van der Waals surface area contributed by atoms with Crippen LogP contribution in [0, 0.1) is 17.0 Å². The Morgan fingerprint density at radius 1 is 1.40 bits per heavy atom. The molecule has 5 heteroatoms. The van der Waals surface area contributed by atoms with Gasteiger partial charge < -0.3 is 5.32 Å². The maximum Gasteiger partial charge on any atom is 0.272 e. The van der Waals surface area contributed by atoms with Crippen molar-refractivity contribution in [2.45, 2.75) is 32.7 Å². The summed E-state index contributed by atoms with van der Waals surface area (Å²) in [7, 11) is 0. The number of hydrogen-bond donors (Lipinski definition) is 1. The van der Waals surface area contributed by atoms with Gasteiger partial charge in [0.05, 0.1) is 4.92 Å². The highest BCUT2D eigenvalue weighted by atomic mass is 16.6. The van der Waals surface area contributed by atoms with Crippen LogP contribution in [0.1, 0.15) is 36.9 Å². The second kappa shape index (κ2) is 6.81. The number of nitro groups is 1. The Morgan fingerprint density at radius 3 is 2.70 bits per heavy atom. The van der Waals surface area contributed by atoms with Gasteiger partial charge in [-0.2, -0.15) is 0 Å². The van der Waals surface area contributed by atoms with Crippen molar-refractivity contribution >= 4 is 5.69 Å². The molecule has 0 amide bonds. The van der Waals surface area contributed by atoms with E-state index in [9.17, 15) is 10.1 Å². The Bertz CT molecular complexity index is 470. The van der Waals surface area contributed by atoms with Gasteiger partial charge in [0.1, 0.15) is 0 Å². The molecule has 1 aliphatic rings. The summed E-state index contributed by atoms with van der Waals surface area (Å²) in [5, 5.41) is 14.5. The average Bonchev–Trinajstić information content (AvgIpc) is 2.46. The third-order valence-corrected chi connectivity index (χ3v) is 3.97. The predicted molar refractivity (Wildman–Crippen MR) is 79.9 cm³/mol. The van der Waals surface area contributed by atoms with E-state index in [0.29, 0.717) is 6.04 Å². The van der Waals surface area contributed by atoms with Crippen molar-refractivity contribution in [3.8, 4) is 0 Å².